The number of para-hydroxylation sites is 1. The molecule has 0 radical (unpaired) electrons. The third-order valence-electron chi connectivity index (χ3n) is 5.46. The summed E-state index contributed by atoms with van der Waals surface area (Å²) in [5, 5.41) is 3.14. The lowest BCUT2D eigenvalue weighted by molar-refractivity contribution is 0.0871. The molecule has 1 aliphatic rings. The molecule has 0 spiro atoms. The summed E-state index contributed by atoms with van der Waals surface area (Å²) in [7, 11) is 0. The van der Waals surface area contributed by atoms with Crippen molar-refractivity contribution in [3.8, 4) is 5.75 Å². The monoisotopic (exact) mass is 412 g/mol. The Balaban J connectivity index is 1.57. The van der Waals surface area contributed by atoms with Crippen molar-refractivity contribution in [1.82, 2.24) is 10.2 Å². The van der Waals surface area contributed by atoms with Crippen molar-refractivity contribution in [2.45, 2.75) is 39.2 Å². The number of carbonyl (C=O) groups excluding carboxylic acids is 2. The molecule has 6 heteroatoms. The van der Waals surface area contributed by atoms with E-state index in [1.807, 2.05) is 18.2 Å². The maximum Gasteiger partial charge on any atom is 0.415 e. The van der Waals surface area contributed by atoms with E-state index in [1.165, 1.54) is 24.3 Å². The van der Waals surface area contributed by atoms with Gasteiger partial charge in [-0.05, 0) is 67.5 Å². The zero-order valence-electron chi connectivity index (χ0n) is 17.5. The number of ether oxygens (including phenoxy) is 1. The number of nitrogens with zero attached hydrogens (tertiary/aromatic N) is 1. The van der Waals surface area contributed by atoms with Crippen molar-refractivity contribution in [3.63, 3.8) is 0 Å². The van der Waals surface area contributed by atoms with Crippen molar-refractivity contribution < 1.29 is 18.7 Å². The average Bonchev–Trinajstić information content (AvgIpc) is 2.74. The lowest BCUT2D eigenvalue weighted by atomic mass is 9.85. The maximum absolute atomic E-state index is 13.1. The lowest BCUT2D eigenvalue weighted by Crippen LogP contribution is -2.47. The standard InChI is InChI=1S/C24H29FN2O3/c1-17(2)16-22(26-23(28)19-8-10-20(25)11-9-19)18-12-14-27(15-13-18)24(29)30-21-6-4-3-5-7-21/h3-11,17-18,22H,12-16H2,1-2H3,(H,26,28)/t22-/m1/s1. The fourth-order valence-electron chi connectivity index (χ4n) is 3.87. The minimum atomic E-state index is -0.361. The van der Waals surface area contributed by atoms with Crippen molar-refractivity contribution in [2.24, 2.45) is 11.8 Å². The molecule has 1 N–H and O–H groups in total. The highest BCUT2D eigenvalue weighted by atomic mass is 19.1. The highest BCUT2D eigenvalue weighted by molar-refractivity contribution is 5.94. The Labute approximate surface area is 177 Å². The summed E-state index contributed by atoms with van der Waals surface area (Å²) in [5.41, 5.74) is 0.453. The molecule has 2 amide bonds. The smallest absolute Gasteiger partial charge is 0.410 e. The third kappa shape index (κ3) is 6.05. The van der Waals surface area contributed by atoms with Crippen LogP contribution in [-0.4, -0.2) is 36.0 Å². The molecule has 0 bridgehead atoms. The van der Waals surface area contributed by atoms with Gasteiger partial charge in [0.1, 0.15) is 11.6 Å². The first-order chi connectivity index (χ1) is 14.4. The molecule has 1 saturated heterocycles. The maximum atomic E-state index is 13.1. The summed E-state index contributed by atoms with van der Waals surface area (Å²) in [5.74, 6) is 0.683. The molecule has 2 aromatic rings. The van der Waals surface area contributed by atoms with Gasteiger partial charge in [0.05, 0.1) is 0 Å². The number of carbonyl (C=O) groups is 2. The van der Waals surface area contributed by atoms with Gasteiger partial charge in [-0.25, -0.2) is 9.18 Å². The van der Waals surface area contributed by atoms with Crippen LogP contribution in [0.3, 0.4) is 0 Å². The summed E-state index contributed by atoms with van der Waals surface area (Å²) < 4.78 is 18.6. The van der Waals surface area contributed by atoms with Crippen LogP contribution in [0.2, 0.25) is 0 Å². The van der Waals surface area contributed by atoms with E-state index < -0.39 is 0 Å². The first kappa shape index (κ1) is 21.8. The number of likely N-dealkylation sites (tertiary alicyclic amines) is 1. The van der Waals surface area contributed by atoms with Gasteiger partial charge in [-0.15, -0.1) is 0 Å². The van der Waals surface area contributed by atoms with E-state index >= 15 is 0 Å². The molecular weight excluding hydrogens is 383 g/mol. The van der Waals surface area contributed by atoms with Gasteiger partial charge in [0, 0.05) is 24.7 Å². The van der Waals surface area contributed by atoms with E-state index in [2.05, 4.69) is 19.2 Å². The molecule has 0 aliphatic carbocycles. The number of rotatable bonds is 6. The van der Waals surface area contributed by atoms with Gasteiger partial charge in [-0.1, -0.05) is 32.0 Å². The Morgan fingerprint density at radius 1 is 1.07 bits per heavy atom. The highest BCUT2D eigenvalue weighted by Crippen LogP contribution is 2.26. The van der Waals surface area contributed by atoms with Gasteiger partial charge in [-0.3, -0.25) is 4.79 Å². The zero-order valence-corrected chi connectivity index (χ0v) is 17.5. The Morgan fingerprint density at radius 3 is 2.30 bits per heavy atom. The number of hydrogen-bond donors (Lipinski definition) is 1. The van der Waals surface area contributed by atoms with Crippen LogP contribution in [0.1, 0.15) is 43.5 Å². The SMILES string of the molecule is CC(C)C[C@@H](NC(=O)c1ccc(F)cc1)C1CCN(C(=O)Oc2ccccc2)CC1. The van der Waals surface area contributed by atoms with Crippen LogP contribution in [0.4, 0.5) is 9.18 Å². The third-order valence-corrected chi connectivity index (χ3v) is 5.46. The van der Waals surface area contributed by atoms with E-state index in [1.54, 1.807) is 17.0 Å². The number of hydrogen-bond acceptors (Lipinski definition) is 3. The second-order valence-electron chi connectivity index (χ2n) is 8.22. The molecule has 2 aromatic carbocycles. The fraction of sp³-hybridized carbons (Fsp3) is 0.417. The number of benzene rings is 2. The molecule has 0 aromatic heterocycles. The minimum Gasteiger partial charge on any atom is -0.410 e. The van der Waals surface area contributed by atoms with Crippen LogP contribution in [-0.2, 0) is 0 Å². The van der Waals surface area contributed by atoms with Crippen molar-refractivity contribution in [1.29, 1.82) is 0 Å². The number of nitrogens with one attached hydrogen (secondary N) is 1. The minimum absolute atomic E-state index is 0.00912. The van der Waals surface area contributed by atoms with Gasteiger partial charge in [-0.2, -0.15) is 0 Å². The fourth-order valence-corrected chi connectivity index (χ4v) is 3.87. The molecule has 1 atom stereocenters. The average molecular weight is 413 g/mol. The van der Waals surface area contributed by atoms with Crippen molar-refractivity contribution in [2.75, 3.05) is 13.1 Å². The molecule has 1 heterocycles. The Hall–Kier alpha value is -2.89. The Kier molecular flexibility index (Phi) is 7.44. The van der Waals surface area contributed by atoms with Gasteiger partial charge < -0.3 is 15.0 Å². The van der Waals surface area contributed by atoms with Crippen molar-refractivity contribution >= 4 is 12.0 Å². The number of amides is 2. The summed E-state index contributed by atoms with van der Waals surface area (Å²) >= 11 is 0. The molecule has 160 valence electrons. The summed E-state index contributed by atoms with van der Waals surface area (Å²) in [6, 6.07) is 14.6. The number of piperidine rings is 1. The van der Waals surface area contributed by atoms with Crippen LogP contribution in [0, 0.1) is 17.7 Å². The van der Waals surface area contributed by atoms with E-state index in [9.17, 15) is 14.0 Å². The van der Waals surface area contributed by atoms with E-state index in [-0.39, 0.29) is 29.8 Å². The Morgan fingerprint density at radius 2 is 1.70 bits per heavy atom. The van der Waals surface area contributed by atoms with Gasteiger partial charge in [0.15, 0.2) is 0 Å². The molecule has 1 aliphatic heterocycles. The van der Waals surface area contributed by atoms with E-state index in [0.29, 0.717) is 30.3 Å². The highest BCUT2D eigenvalue weighted by Gasteiger charge is 2.30. The predicted molar refractivity (Wildman–Crippen MR) is 114 cm³/mol. The quantitative estimate of drug-likeness (QED) is 0.736. The summed E-state index contributed by atoms with van der Waals surface area (Å²) in [6.45, 7) is 5.45. The molecule has 3 rings (SSSR count). The molecule has 0 saturated carbocycles. The summed E-state index contributed by atoms with van der Waals surface area (Å²) in [4.78, 5) is 26.8. The number of halogens is 1. The second kappa shape index (κ2) is 10.2. The van der Waals surface area contributed by atoms with Gasteiger partial charge >= 0.3 is 6.09 Å². The van der Waals surface area contributed by atoms with Crippen LogP contribution < -0.4 is 10.1 Å². The van der Waals surface area contributed by atoms with Crippen LogP contribution in [0.5, 0.6) is 5.75 Å². The first-order valence-electron chi connectivity index (χ1n) is 10.5. The topological polar surface area (TPSA) is 58.6 Å². The predicted octanol–water partition coefficient (Wildman–Crippen LogP) is 4.88. The second-order valence-corrected chi connectivity index (χ2v) is 8.22. The zero-order chi connectivity index (χ0) is 21.5. The van der Waals surface area contributed by atoms with Gasteiger partial charge in [0.2, 0.25) is 0 Å². The van der Waals surface area contributed by atoms with Crippen molar-refractivity contribution in [3.05, 3.63) is 66.0 Å². The van der Waals surface area contributed by atoms with Crippen LogP contribution in [0.25, 0.3) is 0 Å². The molecule has 5 nitrogen and oxygen atoms in total. The molecule has 30 heavy (non-hydrogen) atoms. The molecular formula is C24H29FN2O3. The van der Waals surface area contributed by atoms with Gasteiger partial charge in [0.25, 0.3) is 5.91 Å². The normalized spacial score (nSPS) is 15.7. The lowest BCUT2D eigenvalue weighted by Gasteiger charge is -2.36. The van der Waals surface area contributed by atoms with E-state index in [0.717, 1.165) is 19.3 Å². The van der Waals surface area contributed by atoms with Crippen LogP contribution in [0.15, 0.2) is 54.6 Å². The first-order valence-corrected chi connectivity index (χ1v) is 10.5. The largest absolute Gasteiger partial charge is 0.415 e. The molecule has 1 fully saturated rings. The summed E-state index contributed by atoms with van der Waals surface area (Å²) in [6.07, 6.45) is 2.11. The molecule has 0 unspecified atom stereocenters. The Bertz CT molecular complexity index is 831. The van der Waals surface area contributed by atoms with E-state index in [4.69, 9.17) is 4.74 Å². The van der Waals surface area contributed by atoms with Crippen LogP contribution >= 0.6 is 0 Å².